The number of allylic oxidation sites excluding steroid dienone is 1. The highest BCUT2D eigenvalue weighted by molar-refractivity contribution is 6.07. The lowest BCUT2D eigenvalue weighted by atomic mass is 10.1. The first-order chi connectivity index (χ1) is 5.25. The molecule has 1 aromatic rings. The van der Waals surface area contributed by atoms with Gasteiger partial charge in [-0.05, 0) is 18.2 Å². The van der Waals surface area contributed by atoms with Crippen LogP contribution in [0.1, 0.15) is 5.56 Å². The number of aromatic hydroxyl groups is 1. The molecule has 0 unspecified atom stereocenters. The summed E-state index contributed by atoms with van der Waals surface area (Å²) in [5.74, 6) is 0.123. The number of para-hydroxylation sites is 1. The summed E-state index contributed by atoms with van der Waals surface area (Å²) in [6.07, 6.45) is 1.40. The van der Waals surface area contributed by atoms with Gasteiger partial charge in [-0.15, -0.1) is 0 Å². The van der Waals surface area contributed by atoms with Gasteiger partial charge in [-0.2, -0.15) is 0 Å². The highest BCUT2D eigenvalue weighted by Crippen LogP contribution is 2.15. The Labute approximate surface area is 65.3 Å². The lowest BCUT2D eigenvalue weighted by molar-refractivity contribution is 0.474. The first-order valence-electron chi connectivity index (χ1n) is 3.25. The van der Waals surface area contributed by atoms with Crippen molar-refractivity contribution in [1.82, 2.24) is 0 Å². The third-order valence-electron chi connectivity index (χ3n) is 1.40. The van der Waals surface area contributed by atoms with E-state index in [1.54, 1.807) is 24.3 Å². The minimum absolute atomic E-state index is 0.123. The third kappa shape index (κ3) is 1.46. The van der Waals surface area contributed by atoms with Gasteiger partial charge in [0.25, 0.3) is 0 Å². The standard InChI is InChI=1S/C9H9NO/c1-2-8(10)7-5-3-4-6-9(7)11/h2-6,10-11H,1H2. The maximum absolute atomic E-state index is 9.22. The SMILES string of the molecule is C=CC(=N)c1ccccc1O. The van der Waals surface area contributed by atoms with E-state index in [9.17, 15) is 5.11 Å². The molecule has 0 aliphatic heterocycles. The van der Waals surface area contributed by atoms with Crippen LogP contribution < -0.4 is 0 Å². The molecule has 0 radical (unpaired) electrons. The molecule has 56 valence electrons. The Morgan fingerprint density at radius 1 is 1.45 bits per heavy atom. The molecule has 0 saturated carbocycles. The van der Waals surface area contributed by atoms with Crippen LogP contribution in [0.3, 0.4) is 0 Å². The highest BCUT2D eigenvalue weighted by atomic mass is 16.3. The number of benzene rings is 1. The Morgan fingerprint density at radius 3 is 2.64 bits per heavy atom. The Morgan fingerprint density at radius 2 is 2.09 bits per heavy atom. The Hall–Kier alpha value is -1.57. The van der Waals surface area contributed by atoms with Gasteiger partial charge in [-0.3, -0.25) is 0 Å². The molecule has 0 saturated heterocycles. The summed E-state index contributed by atoms with van der Waals surface area (Å²) in [5.41, 5.74) is 0.755. The molecule has 11 heavy (non-hydrogen) atoms. The third-order valence-corrected chi connectivity index (χ3v) is 1.40. The van der Waals surface area contributed by atoms with E-state index in [1.807, 2.05) is 0 Å². The molecule has 2 heteroatoms. The van der Waals surface area contributed by atoms with Crippen molar-refractivity contribution < 1.29 is 5.11 Å². The van der Waals surface area contributed by atoms with E-state index in [2.05, 4.69) is 6.58 Å². The van der Waals surface area contributed by atoms with E-state index in [0.717, 1.165) is 0 Å². The first-order valence-corrected chi connectivity index (χ1v) is 3.25. The summed E-state index contributed by atoms with van der Waals surface area (Å²) in [6.45, 7) is 3.44. The molecule has 0 atom stereocenters. The number of phenols is 1. The quantitative estimate of drug-likeness (QED) is 0.617. The van der Waals surface area contributed by atoms with Crippen LogP contribution in [0, 0.1) is 5.41 Å². The molecule has 0 spiro atoms. The summed E-state index contributed by atoms with van der Waals surface area (Å²) in [7, 11) is 0. The largest absolute Gasteiger partial charge is 0.507 e. The zero-order valence-corrected chi connectivity index (χ0v) is 6.04. The predicted octanol–water partition coefficient (Wildman–Crippen LogP) is 1.95. The van der Waals surface area contributed by atoms with E-state index in [4.69, 9.17) is 5.41 Å². The van der Waals surface area contributed by atoms with Crippen molar-refractivity contribution in [2.75, 3.05) is 0 Å². The number of hydrogen-bond acceptors (Lipinski definition) is 2. The van der Waals surface area contributed by atoms with Crippen LogP contribution in [-0.2, 0) is 0 Å². The summed E-state index contributed by atoms with van der Waals surface area (Å²) >= 11 is 0. The molecule has 2 nitrogen and oxygen atoms in total. The average Bonchev–Trinajstić information content (AvgIpc) is 2.04. The van der Waals surface area contributed by atoms with Gasteiger partial charge in [0, 0.05) is 5.56 Å². The number of rotatable bonds is 2. The number of nitrogens with one attached hydrogen (secondary N) is 1. The minimum Gasteiger partial charge on any atom is -0.507 e. The van der Waals surface area contributed by atoms with Crippen molar-refractivity contribution in [1.29, 1.82) is 5.41 Å². The van der Waals surface area contributed by atoms with E-state index >= 15 is 0 Å². The fourth-order valence-corrected chi connectivity index (χ4v) is 0.811. The van der Waals surface area contributed by atoms with E-state index < -0.39 is 0 Å². The summed E-state index contributed by atoms with van der Waals surface area (Å²) < 4.78 is 0. The molecule has 0 aliphatic rings. The smallest absolute Gasteiger partial charge is 0.124 e. The molecule has 1 rings (SSSR count). The van der Waals surface area contributed by atoms with Gasteiger partial charge >= 0.3 is 0 Å². The summed E-state index contributed by atoms with van der Waals surface area (Å²) in [5, 5.41) is 16.6. The van der Waals surface area contributed by atoms with Crippen molar-refractivity contribution in [3.05, 3.63) is 42.5 Å². The highest BCUT2D eigenvalue weighted by Gasteiger charge is 2.00. The molecule has 2 N–H and O–H groups in total. The van der Waals surface area contributed by atoms with Crippen LogP contribution in [0.2, 0.25) is 0 Å². The Kier molecular flexibility index (Phi) is 2.06. The average molecular weight is 147 g/mol. The molecule has 0 heterocycles. The summed E-state index contributed by atoms with van der Waals surface area (Å²) in [4.78, 5) is 0. The van der Waals surface area contributed by atoms with Gasteiger partial charge in [0.2, 0.25) is 0 Å². The van der Waals surface area contributed by atoms with Crippen molar-refractivity contribution in [2.45, 2.75) is 0 Å². The fraction of sp³-hybridized carbons (Fsp3) is 0. The molecule has 0 aliphatic carbocycles. The van der Waals surface area contributed by atoms with Gasteiger partial charge in [0.15, 0.2) is 0 Å². The van der Waals surface area contributed by atoms with E-state index in [1.165, 1.54) is 6.08 Å². The van der Waals surface area contributed by atoms with Crippen LogP contribution in [0.15, 0.2) is 36.9 Å². The maximum Gasteiger partial charge on any atom is 0.124 e. The van der Waals surface area contributed by atoms with Gasteiger partial charge in [0.1, 0.15) is 5.75 Å². The van der Waals surface area contributed by atoms with Crippen LogP contribution in [-0.4, -0.2) is 10.8 Å². The molecule has 0 fully saturated rings. The molecule has 0 aromatic heterocycles. The van der Waals surface area contributed by atoms with E-state index in [-0.39, 0.29) is 11.5 Å². The van der Waals surface area contributed by atoms with Crippen molar-refractivity contribution in [3.8, 4) is 5.75 Å². The maximum atomic E-state index is 9.22. The molecular formula is C9H9NO. The fourth-order valence-electron chi connectivity index (χ4n) is 0.811. The molecule has 1 aromatic carbocycles. The zero-order chi connectivity index (χ0) is 8.27. The summed E-state index contributed by atoms with van der Waals surface area (Å²) in [6, 6.07) is 6.72. The van der Waals surface area contributed by atoms with Crippen LogP contribution in [0.4, 0.5) is 0 Å². The molecular weight excluding hydrogens is 138 g/mol. The molecule has 0 bridgehead atoms. The van der Waals surface area contributed by atoms with Crippen molar-refractivity contribution in [2.24, 2.45) is 0 Å². The first kappa shape index (κ1) is 7.54. The van der Waals surface area contributed by atoms with Crippen LogP contribution in [0.25, 0.3) is 0 Å². The predicted molar refractivity (Wildman–Crippen MR) is 45.1 cm³/mol. The van der Waals surface area contributed by atoms with Crippen LogP contribution in [0.5, 0.6) is 5.75 Å². The second-order valence-electron chi connectivity index (χ2n) is 2.13. The second kappa shape index (κ2) is 3.01. The van der Waals surface area contributed by atoms with Gasteiger partial charge in [0.05, 0.1) is 5.71 Å². The lowest BCUT2D eigenvalue weighted by Gasteiger charge is -1.99. The van der Waals surface area contributed by atoms with E-state index in [0.29, 0.717) is 5.56 Å². The Bertz CT molecular complexity index is 291. The number of hydrogen-bond donors (Lipinski definition) is 2. The van der Waals surface area contributed by atoms with Crippen molar-refractivity contribution >= 4 is 5.71 Å². The van der Waals surface area contributed by atoms with Gasteiger partial charge in [-0.1, -0.05) is 18.7 Å². The second-order valence-corrected chi connectivity index (χ2v) is 2.13. The normalized spacial score (nSPS) is 9.09. The van der Waals surface area contributed by atoms with Gasteiger partial charge < -0.3 is 10.5 Å². The van der Waals surface area contributed by atoms with Crippen molar-refractivity contribution in [3.63, 3.8) is 0 Å². The van der Waals surface area contributed by atoms with Crippen LogP contribution >= 0.6 is 0 Å². The van der Waals surface area contributed by atoms with Gasteiger partial charge in [-0.25, -0.2) is 0 Å². The monoisotopic (exact) mass is 147 g/mol. The minimum atomic E-state index is 0.123. The molecule has 0 amide bonds. The number of phenolic OH excluding ortho intramolecular Hbond substituents is 1. The lowest BCUT2D eigenvalue weighted by Crippen LogP contribution is -1.92. The Balaban J connectivity index is 3.13. The topological polar surface area (TPSA) is 44.1 Å². The zero-order valence-electron chi connectivity index (χ0n) is 6.04.